The van der Waals surface area contributed by atoms with Gasteiger partial charge in [-0.1, -0.05) is 267 Å². The lowest BCUT2D eigenvalue weighted by Gasteiger charge is -2.45. The maximum atomic E-state index is 5.65. The molecule has 10 heteroatoms. The average molecular weight is 1280 g/mol. The molecule has 9 nitrogen and oxygen atoms in total. The molecule has 2 aliphatic heterocycles. The van der Waals surface area contributed by atoms with Crippen molar-refractivity contribution >= 4 is 79.0 Å². The third kappa shape index (κ3) is 10.0. The molecular formula is C90H58BN9. The first-order valence-corrected chi connectivity index (χ1v) is 33.8. The van der Waals surface area contributed by atoms with Gasteiger partial charge in [0.25, 0.3) is 6.71 Å². The van der Waals surface area contributed by atoms with Crippen molar-refractivity contribution in [1.82, 2.24) is 34.5 Å². The van der Waals surface area contributed by atoms with E-state index < -0.39 is 0 Å². The number of hydrogen-bond acceptors (Lipinski definition) is 8. The van der Waals surface area contributed by atoms with Crippen LogP contribution in [0.15, 0.2) is 352 Å². The number of benzene rings is 14. The average Bonchev–Trinajstić information content (AvgIpc) is 1.17. The molecule has 0 saturated carbocycles. The second kappa shape index (κ2) is 24.3. The van der Waals surface area contributed by atoms with Gasteiger partial charge < -0.3 is 14.4 Å². The van der Waals surface area contributed by atoms with Gasteiger partial charge in [-0.25, -0.2) is 29.9 Å². The first-order valence-electron chi connectivity index (χ1n) is 33.8. The van der Waals surface area contributed by atoms with Crippen molar-refractivity contribution in [2.45, 2.75) is 0 Å². The minimum Gasteiger partial charge on any atom is -0.311 e. The molecule has 100 heavy (non-hydrogen) atoms. The van der Waals surface area contributed by atoms with Gasteiger partial charge in [-0.2, -0.15) is 0 Å². The van der Waals surface area contributed by atoms with Crippen LogP contribution in [0.5, 0.6) is 0 Å². The van der Waals surface area contributed by atoms with Gasteiger partial charge in [-0.15, -0.1) is 0 Å². The van der Waals surface area contributed by atoms with Gasteiger partial charge in [0.15, 0.2) is 34.9 Å². The Bertz CT molecular complexity index is 5800. The Balaban J connectivity index is 0.826. The smallest absolute Gasteiger partial charge is 0.252 e. The number of para-hydroxylation sites is 4. The van der Waals surface area contributed by atoms with Crippen LogP contribution in [0.3, 0.4) is 0 Å². The number of rotatable bonds is 12. The maximum absolute atomic E-state index is 5.65. The maximum Gasteiger partial charge on any atom is 0.252 e. The largest absolute Gasteiger partial charge is 0.311 e. The molecule has 3 aromatic heterocycles. The Morgan fingerprint density at radius 1 is 0.220 bits per heavy atom. The fraction of sp³-hybridized carbons (Fsp3) is 0. The molecule has 466 valence electrons. The van der Waals surface area contributed by atoms with Crippen molar-refractivity contribution < 1.29 is 0 Å². The molecule has 0 spiro atoms. The van der Waals surface area contributed by atoms with Crippen molar-refractivity contribution in [1.29, 1.82) is 0 Å². The monoisotopic (exact) mass is 1280 g/mol. The zero-order valence-corrected chi connectivity index (χ0v) is 54.1. The summed E-state index contributed by atoms with van der Waals surface area (Å²) in [5.41, 5.74) is 25.1. The van der Waals surface area contributed by atoms with Crippen LogP contribution in [0.4, 0.5) is 34.1 Å². The standard InChI is InChI=1S/C90H58BN9/c1-8-26-59(27-9-1)66-48-52-77-72(56-66)73-57-67(60-28-10-2-11-29-60)49-53-78(73)100(77)79-54-50-68(89-94-85(62-30-12-3-13-31-62)92-86(95-89)63-32-14-4-15-33-63)58-74(79)90-96-87(64-34-16-5-17-35-64)93-88(97-90)65-46-44-61(45-47-65)71-51-55-82-83-84(71)99(70-38-20-7-21-39-70)81-43-25-23-41-76(81)91(83)75-40-22-24-42-80(75)98(82)69-36-18-6-19-37-69/h1-58H. The second-order valence-corrected chi connectivity index (χ2v) is 25.3. The van der Waals surface area contributed by atoms with Crippen LogP contribution in [0.2, 0.25) is 0 Å². The highest BCUT2D eigenvalue weighted by Crippen LogP contribution is 2.49. The Labute approximate surface area is 579 Å². The van der Waals surface area contributed by atoms with Crippen molar-refractivity contribution in [2.24, 2.45) is 0 Å². The quantitative estimate of drug-likeness (QED) is 0.112. The van der Waals surface area contributed by atoms with E-state index in [9.17, 15) is 0 Å². The molecule has 0 atom stereocenters. The van der Waals surface area contributed by atoms with Crippen LogP contribution in [0, 0.1) is 0 Å². The highest BCUT2D eigenvalue weighted by Gasteiger charge is 2.44. The molecule has 0 N–H and O–H groups in total. The molecule has 17 aromatic rings. The summed E-state index contributed by atoms with van der Waals surface area (Å²) in [6, 6.07) is 125. The van der Waals surface area contributed by atoms with Gasteiger partial charge in [-0.05, 0) is 129 Å². The van der Waals surface area contributed by atoms with Gasteiger partial charge in [-0.3, -0.25) is 0 Å². The van der Waals surface area contributed by atoms with E-state index >= 15 is 0 Å². The minimum absolute atomic E-state index is 0.0389. The normalized spacial score (nSPS) is 12.1. The van der Waals surface area contributed by atoms with Crippen molar-refractivity contribution in [3.63, 3.8) is 0 Å². The SMILES string of the molecule is c1ccc(-c2ccc3c(c2)c2cc(-c4ccccc4)ccc2n3-c2ccc(-c3nc(-c4ccccc4)nc(-c4ccccc4)n3)cc2-c2nc(-c3ccccc3)nc(-c3ccc(-c4ccc5c6c4N(c4ccccc4)c4ccccc4B6c4ccccc4N5c4ccccc4)cc3)n2)cc1. The summed E-state index contributed by atoms with van der Waals surface area (Å²) in [6.07, 6.45) is 0. The summed E-state index contributed by atoms with van der Waals surface area (Å²) in [6.45, 7) is -0.0389. The van der Waals surface area contributed by atoms with E-state index in [0.717, 1.165) is 123 Å². The van der Waals surface area contributed by atoms with Crippen LogP contribution >= 0.6 is 0 Å². The predicted molar refractivity (Wildman–Crippen MR) is 410 cm³/mol. The summed E-state index contributed by atoms with van der Waals surface area (Å²) < 4.78 is 2.37. The lowest BCUT2D eigenvalue weighted by Crippen LogP contribution is -2.61. The van der Waals surface area contributed by atoms with Crippen LogP contribution in [-0.2, 0) is 0 Å². The molecule has 0 radical (unpaired) electrons. The highest BCUT2D eigenvalue weighted by atomic mass is 15.2. The van der Waals surface area contributed by atoms with Crippen molar-refractivity contribution in [3.8, 4) is 107 Å². The molecule has 19 rings (SSSR count). The van der Waals surface area contributed by atoms with Gasteiger partial charge in [0, 0.05) is 78.2 Å². The van der Waals surface area contributed by atoms with Crippen LogP contribution < -0.4 is 26.2 Å². The van der Waals surface area contributed by atoms with E-state index in [-0.39, 0.29) is 6.71 Å². The van der Waals surface area contributed by atoms with E-state index in [1.165, 1.54) is 22.1 Å². The summed E-state index contributed by atoms with van der Waals surface area (Å²) in [5.74, 6) is 3.17. The summed E-state index contributed by atoms with van der Waals surface area (Å²) in [5, 5.41) is 2.22. The summed E-state index contributed by atoms with van der Waals surface area (Å²) in [7, 11) is 0. The lowest BCUT2D eigenvalue weighted by molar-refractivity contribution is 1.06. The summed E-state index contributed by atoms with van der Waals surface area (Å²) >= 11 is 0. The Hall–Kier alpha value is -13.4. The number of fused-ring (bicyclic) bond motifs is 7. The number of anilines is 6. The first kappa shape index (κ1) is 58.0. The molecule has 0 fully saturated rings. The van der Waals surface area contributed by atoms with Crippen LogP contribution in [-0.4, -0.2) is 41.2 Å². The molecule has 0 unspecified atom stereocenters. The third-order valence-electron chi connectivity index (χ3n) is 19.5. The number of hydrogen-bond donors (Lipinski definition) is 0. The minimum atomic E-state index is -0.0389. The first-order chi connectivity index (χ1) is 49.6. The molecule has 0 amide bonds. The molecule has 0 saturated heterocycles. The van der Waals surface area contributed by atoms with Gasteiger partial charge in [0.05, 0.1) is 22.4 Å². The predicted octanol–water partition coefficient (Wildman–Crippen LogP) is 20.2. The molecule has 0 bridgehead atoms. The molecule has 0 aliphatic carbocycles. The van der Waals surface area contributed by atoms with E-state index in [0.29, 0.717) is 34.9 Å². The van der Waals surface area contributed by atoms with Crippen molar-refractivity contribution in [3.05, 3.63) is 352 Å². The van der Waals surface area contributed by atoms with E-state index in [1.807, 2.05) is 78.9 Å². The lowest BCUT2D eigenvalue weighted by atomic mass is 9.33. The van der Waals surface area contributed by atoms with E-state index in [1.54, 1.807) is 0 Å². The van der Waals surface area contributed by atoms with E-state index in [4.69, 9.17) is 29.9 Å². The van der Waals surface area contributed by atoms with Crippen molar-refractivity contribution in [2.75, 3.05) is 9.80 Å². The van der Waals surface area contributed by atoms with E-state index in [2.05, 4.69) is 287 Å². The Morgan fingerprint density at radius 2 is 0.570 bits per heavy atom. The van der Waals surface area contributed by atoms with Crippen LogP contribution in [0.1, 0.15) is 0 Å². The van der Waals surface area contributed by atoms with Crippen LogP contribution in [0.25, 0.3) is 129 Å². The fourth-order valence-corrected chi connectivity index (χ4v) is 14.9. The number of aromatic nitrogens is 7. The molecule has 2 aliphatic rings. The zero-order chi connectivity index (χ0) is 66.0. The fourth-order valence-electron chi connectivity index (χ4n) is 14.9. The van der Waals surface area contributed by atoms with Gasteiger partial charge in [0.2, 0.25) is 0 Å². The third-order valence-corrected chi connectivity index (χ3v) is 19.5. The topological polar surface area (TPSA) is 88.7 Å². The Morgan fingerprint density at radius 3 is 1.05 bits per heavy atom. The number of nitrogens with zero attached hydrogens (tertiary/aromatic N) is 9. The molecule has 14 aromatic carbocycles. The Kier molecular flexibility index (Phi) is 14.1. The second-order valence-electron chi connectivity index (χ2n) is 25.3. The molecule has 5 heterocycles. The van der Waals surface area contributed by atoms with Gasteiger partial charge in [0.1, 0.15) is 0 Å². The molecular weight excluding hydrogens is 1220 g/mol. The highest BCUT2D eigenvalue weighted by molar-refractivity contribution is 7.00. The zero-order valence-electron chi connectivity index (χ0n) is 54.1. The van der Waals surface area contributed by atoms with Gasteiger partial charge >= 0.3 is 0 Å². The summed E-state index contributed by atoms with van der Waals surface area (Å²) in [4.78, 5) is 37.2.